The lowest BCUT2D eigenvalue weighted by molar-refractivity contribution is -0.131. The van der Waals surface area contributed by atoms with E-state index in [4.69, 9.17) is 0 Å². The summed E-state index contributed by atoms with van der Waals surface area (Å²) in [4.78, 5) is 25.4. The van der Waals surface area contributed by atoms with Gasteiger partial charge >= 0.3 is 0 Å². The van der Waals surface area contributed by atoms with Crippen LogP contribution in [0.2, 0.25) is 0 Å². The lowest BCUT2D eigenvalue weighted by Gasteiger charge is -2.18. The van der Waals surface area contributed by atoms with Gasteiger partial charge in [0.2, 0.25) is 11.8 Å². The van der Waals surface area contributed by atoms with Gasteiger partial charge in [-0.1, -0.05) is 0 Å². The molecule has 0 aromatic carbocycles. The summed E-state index contributed by atoms with van der Waals surface area (Å²) in [5.41, 5.74) is 0.962. The third-order valence-corrected chi connectivity index (χ3v) is 4.43. The molecule has 1 aliphatic heterocycles. The Hall–Kier alpha value is -1.85. The smallest absolute Gasteiger partial charge is 0.245 e. The molecular formula is C15H22N4O2. The molecule has 0 bridgehead atoms. The zero-order valence-corrected chi connectivity index (χ0v) is 12.6. The molecular weight excluding hydrogens is 268 g/mol. The molecule has 1 saturated heterocycles. The highest BCUT2D eigenvalue weighted by Gasteiger charge is 2.31. The monoisotopic (exact) mass is 290 g/mol. The van der Waals surface area contributed by atoms with Crippen LogP contribution in [0, 0.1) is 12.8 Å². The fraction of sp³-hybridized carbons (Fsp3) is 0.667. The van der Waals surface area contributed by atoms with E-state index < -0.39 is 0 Å². The summed E-state index contributed by atoms with van der Waals surface area (Å²) in [6.45, 7) is 4.91. The van der Waals surface area contributed by atoms with Crippen molar-refractivity contribution >= 4 is 17.6 Å². The number of hydrogen-bond donors (Lipinski definition) is 1. The van der Waals surface area contributed by atoms with Crippen LogP contribution in [0.4, 0.5) is 5.82 Å². The summed E-state index contributed by atoms with van der Waals surface area (Å²) in [7, 11) is 0. The van der Waals surface area contributed by atoms with Gasteiger partial charge in [-0.05, 0) is 39.0 Å². The standard InChI is InChI=1S/C15H22N4O2/c1-10-8-16-19(11(2)12-5-6-12)15(10)17-13(20)9-18-7-3-4-14(18)21/h8,11-12H,3-7,9H2,1-2H3,(H,17,20)/t11-/m0/s1. The number of likely N-dealkylation sites (tertiary alicyclic amines) is 1. The lowest BCUT2D eigenvalue weighted by atomic mass is 10.2. The van der Waals surface area contributed by atoms with Gasteiger partial charge in [0.1, 0.15) is 5.82 Å². The molecule has 0 unspecified atom stereocenters. The number of carbonyl (C=O) groups excluding carboxylic acids is 2. The topological polar surface area (TPSA) is 67.2 Å². The third-order valence-electron chi connectivity index (χ3n) is 4.43. The molecule has 1 N–H and O–H groups in total. The number of rotatable bonds is 5. The van der Waals surface area contributed by atoms with E-state index in [0.29, 0.717) is 24.9 Å². The molecule has 6 nitrogen and oxygen atoms in total. The summed E-state index contributed by atoms with van der Waals surface area (Å²) < 4.78 is 1.91. The predicted molar refractivity (Wildman–Crippen MR) is 78.8 cm³/mol. The van der Waals surface area contributed by atoms with E-state index in [0.717, 1.165) is 17.8 Å². The fourth-order valence-electron chi connectivity index (χ4n) is 2.91. The number of hydrogen-bond acceptors (Lipinski definition) is 3. The molecule has 0 radical (unpaired) electrons. The first-order chi connectivity index (χ1) is 10.1. The second kappa shape index (κ2) is 5.50. The van der Waals surface area contributed by atoms with Gasteiger partial charge in [-0.25, -0.2) is 4.68 Å². The van der Waals surface area contributed by atoms with E-state index in [1.807, 2.05) is 11.6 Å². The van der Waals surface area contributed by atoms with E-state index >= 15 is 0 Å². The van der Waals surface area contributed by atoms with Crippen LogP contribution in [0.15, 0.2) is 6.20 Å². The lowest BCUT2D eigenvalue weighted by Crippen LogP contribution is -2.34. The van der Waals surface area contributed by atoms with E-state index in [9.17, 15) is 9.59 Å². The van der Waals surface area contributed by atoms with Crippen LogP contribution in [0.5, 0.6) is 0 Å². The third kappa shape index (κ3) is 2.94. The zero-order chi connectivity index (χ0) is 15.0. The molecule has 2 fully saturated rings. The number of anilines is 1. The molecule has 2 aliphatic rings. The summed E-state index contributed by atoms with van der Waals surface area (Å²) in [6.07, 6.45) is 5.66. The minimum atomic E-state index is -0.141. The van der Waals surface area contributed by atoms with Gasteiger partial charge in [0, 0.05) is 18.5 Å². The fourth-order valence-corrected chi connectivity index (χ4v) is 2.91. The maximum Gasteiger partial charge on any atom is 0.245 e. The van der Waals surface area contributed by atoms with Crippen molar-refractivity contribution in [1.82, 2.24) is 14.7 Å². The number of carbonyl (C=O) groups is 2. The van der Waals surface area contributed by atoms with Crippen molar-refractivity contribution in [3.63, 3.8) is 0 Å². The largest absolute Gasteiger partial charge is 0.333 e. The molecule has 1 aliphatic carbocycles. The van der Waals surface area contributed by atoms with Crippen molar-refractivity contribution in [2.45, 2.75) is 45.6 Å². The van der Waals surface area contributed by atoms with Crippen LogP contribution in [-0.4, -0.2) is 39.6 Å². The summed E-state index contributed by atoms with van der Waals surface area (Å²) >= 11 is 0. The Balaban J connectivity index is 1.67. The maximum atomic E-state index is 12.2. The number of aryl methyl sites for hydroxylation is 1. The second-order valence-corrected chi connectivity index (χ2v) is 6.17. The van der Waals surface area contributed by atoms with Gasteiger partial charge in [0.15, 0.2) is 0 Å². The van der Waals surface area contributed by atoms with Crippen LogP contribution in [-0.2, 0) is 9.59 Å². The number of nitrogens with zero attached hydrogens (tertiary/aromatic N) is 3. The molecule has 1 aromatic heterocycles. The normalized spacial score (nSPS) is 19.9. The Kier molecular flexibility index (Phi) is 3.69. The first-order valence-corrected chi connectivity index (χ1v) is 7.68. The number of amides is 2. The number of nitrogens with one attached hydrogen (secondary N) is 1. The predicted octanol–water partition coefficient (Wildman–Crippen LogP) is 1.72. The molecule has 1 atom stereocenters. The van der Waals surface area contributed by atoms with Gasteiger partial charge in [0.05, 0.1) is 18.8 Å². The SMILES string of the molecule is Cc1cnn([C@@H](C)C2CC2)c1NC(=O)CN1CCCC1=O. The van der Waals surface area contributed by atoms with E-state index in [2.05, 4.69) is 17.3 Å². The van der Waals surface area contributed by atoms with Crippen LogP contribution >= 0.6 is 0 Å². The highest BCUT2D eigenvalue weighted by molar-refractivity contribution is 5.94. The highest BCUT2D eigenvalue weighted by atomic mass is 16.2. The van der Waals surface area contributed by atoms with Crippen molar-refractivity contribution in [3.8, 4) is 0 Å². The first kappa shape index (κ1) is 14.1. The Morgan fingerprint density at radius 3 is 2.90 bits per heavy atom. The van der Waals surface area contributed by atoms with Gasteiger partial charge in [0.25, 0.3) is 0 Å². The molecule has 1 saturated carbocycles. The Labute approximate surface area is 124 Å². The molecule has 0 spiro atoms. The van der Waals surface area contributed by atoms with Crippen LogP contribution < -0.4 is 5.32 Å². The van der Waals surface area contributed by atoms with E-state index in [1.54, 1.807) is 11.1 Å². The Bertz CT molecular complexity index is 562. The molecule has 6 heteroatoms. The minimum Gasteiger partial charge on any atom is -0.333 e. The van der Waals surface area contributed by atoms with Gasteiger partial charge in [-0.2, -0.15) is 5.10 Å². The summed E-state index contributed by atoms with van der Waals surface area (Å²) in [6, 6.07) is 0.308. The van der Waals surface area contributed by atoms with Gasteiger partial charge < -0.3 is 10.2 Å². The van der Waals surface area contributed by atoms with E-state index in [-0.39, 0.29) is 18.4 Å². The van der Waals surface area contributed by atoms with Gasteiger partial charge in [-0.15, -0.1) is 0 Å². The molecule has 1 aromatic rings. The minimum absolute atomic E-state index is 0.0710. The van der Waals surface area contributed by atoms with Crippen molar-refractivity contribution in [2.75, 3.05) is 18.4 Å². The average Bonchev–Trinajstić information content (AvgIpc) is 3.14. The zero-order valence-electron chi connectivity index (χ0n) is 12.6. The van der Waals surface area contributed by atoms with Crippen molar-refractivity contribution < 1.29 is 9.59 Å². The van der Waals surface area contributed by atoms with Gasteiger partial charge in [-0.3, -0.25) is 9.59 Å². The Morgan fingerprint density at radius 1 is 1.52 bits per heavy atom. The molecule has 2 heterocycles. The van der Waals surface area contributed by atoms with Crippen molar-refractivity contribution in [2.24, 2.45) is 5.92 Å². The van der Waals surface area contributed by atoms with Crippen molar-refractivity contribution in [3.05, 3.63) is 11.8 Å². The maximum absolute atomic E-state index is 12.2. The molecule has 114 valence electrons. The number of aromatic nitrogens is 2. The Morgan fingerprint density at radius 2 is 2.29 bits per heavy atom. The van der Waals surface area contributed by atoms with Crippen LogP contribution in [0.25, 0.3) is 0 Å². The summed E-state index contributed by atoms with van der Waals surface area (Å²) in [5.74, 6) is 1.37. The van der Waals surface area contributed by atoms with Crippen LogP contribution in [0.1, 0.15) is 44.2 Å². The summed E-state index contributed by atoms with van der Waals surface area (Å²) in [5, 5.41) is 7.34. The van der Waals surface area contributed by atoms with Crippen LogP contribution in [0.3, 0.4) is 0 Å². The quantitative estimate of drug-likeness (QED) is 0.898. The molecule has 21 heavy (non-hydrogen) atoms. The first-order valence-electron chi connectivity index (χ1n) is 7.68. The second-order valence-electron chi connectivity index (χ2n) is 6.17. The molecule has 2 amide bonds. The highest BCUT2D eigenvalue weighted by Crippen LogP contribution is 2.40. The van der Waals surface area contributed by atoms with Crippen molar-refractivity contribution in [1.29, 1.82) is 0 Å². The van der Waals surface area contributed by atoms with E-state index in [1.165, 1.54) is 12.8 Å². The average molecular weight is 290 g/mol. The molecule has 3 rings (SSSR count).